The first-order valence-corrected chi connectivity index (χ1v) is 10.0. The number of nitrogens with one attached hydrogen (secondary N) is 1. The minimum absolute atomic E-state index is 0.0598. The van der Waals surface area contributed by atoms with E-state index in [0.717, 1.165) is 19.3 Å². The molecule has 2 heterocycles. The van der Waals surface area contributed by atoms with Crippen LogP contribution in [-0.4, -0.2) is 52.7 Å². The van der Waals surface area contributed by atoms with Crippen molar-refractivity contribution in [3.63, 3.8) is 0 Å². The minimum atomic E-state index is -0.527. The molecule has 2 atom stereocenters. The average molecular weight is 410 g/mol. The Balaban J connectivity index is 1.43. The van der Waals surface area contributed by atoms with E-state index in [1.54, 1.807) is 23.1 Å². The molecule has 0 spiro atoms. The van der Waals surface area contributed by atoms with Crippen molar-refractivity contribution in [3.8, 4) is 0 Å². The molecule has 0 bridgehead atoms. The zero-order valence-corrected chi connectivity index (χ0v) is 16.3. The summed E-state index contributed by atoms with van der Waals surface area (Å²) in [6, 6.07) is 4.62. The highest BCUT2D eigenvalue weighted by Gasteiger charge is 2.45. The van der Waals surface area contributed by atoms with Gasteiger partial charge in [0.1, 0.15) is 6.04 Å². The number of hydrogen-bond donors (Lipinski definition) is 1. The first kappa shape index (κ1) is 18.6. The van der Waals surface area contributed by atoms with Crippen LogP contribution < -0.4 is 5.32 Å². The number of hydrogen-bond acceptors (Lipinski definition) is 3. The molecule has 1 N–H and O–H groups in total. The summed E-state index contributed by atoms with van der Waals surface area (Å²) in [5.41, 5.74) is 0.507. The third-order valence-corrected chi connectivity index (χ3v) is 5.90. The number of nitrogens with zero attached hydrogens (tertiary/aromatic N) is 2. The van der Waals surface area contributed by atoms with Gasteiger partial charge in [-0.15, -0.1) is 0 Å². The average Bonchev–Trinajstić information content (AvgIpc) is 3.18. The fraction of sp³-hybridized carbons (Fsp3) is 0.526. The van der Waals surface area contributed by atoms with Crippen LogP contribution in [0.3, 0.4) is 0 Å². The van der Waals surface area contributed by atoms with Crippen LogP contribution in [0.5, 0.6) is 0 Å². The molecule has 3 amide bonds. The maximum Gasteiger partial charge on any atom is 0.247 e. The molecule has 8 heteroatoms. The van der Waals surface area contributed by atoms with Crippen molar-refractivity contribution >= 4 is 46.6 Å². The van der Waals surface area contributed by atoms with E-state index in [4.69, 9.17) is 23.2 Å². The van der Waals surface area contributed by atoms with Crippen molar-refractivity contribution in [2.75, 3.05) is 18.4 Å². The quantitative estimate of drug-likeness (QED) is 0.830. The number of halogens is 2. The predicted octanol–water partition coefficient (Wildman–Crippen LogP) is 2.93. The number of anilines is 1. The molecule has 3 fully saturated rings. The second kappa shape index (κ2) is 7.32. The van der Waals surface area contributed by atoms with E-state index >= 15 is 0 Å². The van der Waals surface area contributed by atoms with Gasteiger partial charge >= 0.3 is 0 Å². The van der Waals surface area contributed by atoms with E-state index in [9.17, 15) is 14.4 Å². The standard InChI is InChI=1S/C19H21Cl2N3O3/c20-12-7-13(21)9-14(8-12)22-18(26)16-2-1-5-23(16)19(27)11-6-17(25)24(10-11)15-3-4-15/h7-9,11,15-16H,1-6,10H2,(H,22,26)/t11-,16-/m0/s1. The van der Waals surface area contributed by atoms with Gasteiger partial charge in [-0.25, -0.2) is 0 Å². The molecule has 27 heavy (non-hydrogen) atoms. The van der Waals surface area contributed by atoms with E-state index in [1.807, 2.05) is 4.90 Å². The molecule has 0 radical (unpaired) electrons. The van der Waals surface area contributed by atoms with Crippen molar-refractivity contribution < 1.29 is 14.4 Å². The van der Waals surface area contributed by atoms with Crippen LogP contribution in [0.1, 0.15) is 32.1 Å². The summed E-state index contributed by atoms with van der Waals surface area (Å²) in [5, 5.41) is 3.67. The van der Waals surface area contributed by atoms with Crippen LogP contribution in [-0.2, 0) is 14.4 Å². The molecular formula is C19H21Cl2N3O3. The zero-order chi connectivity index (χ0) is 19.1. The van der Waals surface area contributed by atoms with E-state index in [0.29, 0.717) is 41.3 Å². The Labute approximate surface area is 167 Å². The van der Waals surface area contributed by atoms with E-state index < -0.39 is 6.04 Å². The molecule has 1 aromatic carbocycles. The lowest BCUT2D eigenvalue weighted by Crippen LogP contribution is -2.46. The Kier molecular flexibility index (Phi) is 5.03. The summed E-state index contributed by atoms with van der Waals surface area (Å²) in [6.07, 6.45) is 3.70. The van der Waals surface area contributed by atoms with Crippen molar-refractivity contribution in [1.82, 2.24) is 9.80 Å². The van der Waals surface area contributed by atoms with Crippen molar-refractivity contribution in [2.45, 2.75) is 44.2 Å². The van der Waals surface area contributed by atoms with Crippen molar-refractivity contribution in [1.29, 1.82) is 0 Å². The monoisotopic (exact) mass is 409 g/mol. The van der Waals surface area contributed by atoms with Gasteiger partial charge in [0, 0.05) is 41.3 Å². The van der Waals surface area contributed by atoms with Gasteiger partial charge in [-0.05, 0) is 43.9 Å². The smallest absolute Gasteiger partial charge is 0.247 e. The Morgan fingerprint density at radius 2 is 1.78 bits per heavy atom. The highest BCUT2D eigenvalue weighted by atomic mass is 35.5. The van der Waals surface area contributed by atoms with Gasteiger partial charge < -0.3 is 15.1 Å². The summed E-state index contributed by atoms with van der Waals surface area (Å²) >= 11 is 12.0. The molecule has 4 rings (SSSR count). The molecule has 1 saturated carbocycles. The Hall–Kier alpha value is -1.79. The van der Waals surface area contributed by atoms with Crippen LogP contribution in [0.4, 0.5) is 5.69 Å². The molecule has 0 aromatic heterocycles. The van der Waals surface area contributed by atoms with Gasteiger partial charge in [0.25, 0.3) is 0 Å². The molecule has 6 nitrogen and oxygen atoms in total. The third kappa shape index (κ3) is 3.92. The molecule has 2 aliphatic heterocycles. The van der Waals surface area contributed by atoms with Gasteiger partial charge in [0.15, 0.2) is 0 Å². The summed E-state index contributed by atoms with van der Waals surface area (Å²) < 4.78 is 0. The topological polar surface area (TPSA) is 69.7 Å². The van der Waals surface area contributed by atoms with Crippen LogP contribution in [0.15, 0.2) is 18.2 Å². The van der Waals surface area contributed by atoms with E-state index in [2.05, 4.69) is 5.32 Å². The largest absolute Gasteiger partial charge is 0.339 e. The van der Waals surface area contributed by atoms with Gasteiger partial charge in [0.05, 0.1) is 5.92 Å². The summed E-state index contributed by atoms with van der Waals surface area (Å²) in [5.74, 6) is -0.618. The second-order valence-corrected chi connectivity index (χ2v) is 8.39. The first-order chi connectivity index (χ1) is 12.9. The molecule has 2 saturated heterocycles. The van der Waals surface area contributed by atoms with Crippen LogP contribution in [0, 0.1) is 5.92 Å². The first-order valence-electron chi connectivity index (χ1n) is 9.29. The second-order valence-electron chi connectivity index (χ2n) is 7.52. The lowest BCUT2D eigenvalue weighted by Gasteiger charge is -2.26. The molecule has 1 aliphatic carbocycles. The van der Waals surface area contributed by atoms with Crippen molar-refractivity contribution in [3.05, 3.63) is 28.2 Å². The molecule has 1 aromatic rings. The number of amides is 3. The zero-order valence-electron chi connectivity index (χ0n) is 14.8. The maximum atomic E-state index is 13.0. The van der Waals surface area contributed by atoms with Gasteiger partial charge in [-0.2, -0.15) is 0 Å². The lowest BCUT2D eigenvalue weighted by molar-refractivity contribution is -0.140. The number of carbonyl (C=O) groups is 3. The number of benzene rings is 1. The lowest BCUT2D eigenvalue weighted by atomic mass is 10.1. The van der Waals surface area contributed by atoms with E-state index in [1.165, 1.54) is 0 Å². The number of carbonyl (C=O) groups excluding carboxylic acids is 3. The Morgan fingerprint density at radius 3 is 2.44 bits per heavy atom. The molecular weight excluding hydrogens is 389 g/mol. The fourth-order valence-electron chi connectivity index (χ4n) is 4.03. The normalized spacial score (nSPS) is 25.2. The Morgan fingerprint density at radius 1 is 1.07 bits per heavy atom. The van der Waals surface area contributed by atoms with Gasteiger partial charge in [-0.1, -0.05) is 23.2 Å². The maximum absolute atomic E-state index is 13.0. The molecule has 3 aliphatic rings. The minimum Gasteiger partial charge on any atom is -0.339 e. The predicted molar refractivity (Wildman–Crippen MR) is 103 cm³/mol. The van der Waals surface area contributed by atoms with Crippen LogP contribution in [0.25, 0.3) is 0 Å². The highest BCUT2D eigenvalue weighted by molar-refractivity contribution is 6.35. The van der Waals surface area contributed by atoms with Gasteiger partial charge in [0.2, 0.25) is 17.7 Å². The SMILES string of the molecule is O=C(Nc1cc(Cl)cc(Cl)c1)[C@@H]1CCCN1C(=O)[C@H]1CC(=O)N(C2CC2)C1. The van der Waals surface area contributed by atoms with Gasteiger partial charge in [-0.3, -0.25) is 14.4 Å². The van der Waals surface area contributed by atoms with Crippen LogP contribution in [0.2, 0.25) is 10.0 Å². The Bertz CT molecular complexity index is 776. The molecule has 144 valence electrons. The van der Waals surface area contributed by atoms with Crippen molar-refractivity contribution in [2.24, 2.45) is 5.92 Å². The van der Waals surface area contributed by atoms with E-state index in [-0.39, 0.29) is 30.1 Å². The summed E-state index contributed by atoms with van der Waals surface area (Å²) in [4.78, 5) is 41.4. The summed E-state index contributed by atoms with van der Waals surface area (Å²) in [6.45, 7) is 1.03. The fourth-order valence-corrected chi connectivity index (χ4v) is 4.55. The number of rotatable bonds is 4. The highest BCUT2D eigenvalue weighted by Crippen LogP contribution is 2.34. The van der Waals surface area contributed by atoms with Crippen LogP contribution >= 0.6 is 23.2 Å². The summed E-state index contributed by atoms with van der Waals surface area (Å²) in [7, 11) is 0. The third-order valence-electron chi connectivity index (χ3n) is 5.46. The molecule has 0 unspecified atom stereocenters. The number of likely N-dealkylation sites (tertiary alicyclic amines) is 2.